The van der Waals surface area contributed by atoms with E-state index >= 15 is 0 Å². The molecule has 116 valence electrons. The van der Waals surface area contributed by atoms with Gasteiger partial charge in [-0.3, -0.25) is 9.78 Å². The number of benzene rings is 1. The van der Waals surface area contributed by atoms with Gasteiger partial charge in [0.1, 0.15) is 0 Å². The molecule has 4 nitrogen and oxygen atoms in total. The molecule has 0 saturated carbocycles. The van der Waals surface area contributed by atoms with Crippen LogP contribution in [0.15, 0.2) is 79.4 Å². The Kier molecular flexibility index (Phi) is 4.84. The second kappa shape index (κ2) is 7.40. The van der Waals surface area contributed by atoms with Crippen LogP contribution < -0.4 is 0 Å². The molecule has 0 spiro atoms. The van der Waals surface area contributed by atoms with Crippen LogP contribution in [0.2, 0.25) is 0 Å². The molecule has 0 fully saturated rings. The lowest BCUT2D eigenvalue weighted by Crippen LogP contribution is -2.33. The summed E-state index contributed by atoms with van der Waals surface area (Å²) in [6.45, 7) is 2.03. The first-order chi connectivity index (χ1) is 11.3. The number of rotatable bonds is 6. The molecule has 0 unspecified atom stereocenters. The minimum atomic E-state index is 0.0309. The monoisotopic (exact) mass is 305 g/mol. The van der Waals surface area contributed by atoms with Crippen molar-refractivity contribution in [3.05, 3.63) is 90.5 Å². The average molecular weight is 305 g/mol. The summed E-state index contributed by atoms with van der Waals surface area (Å²) in [5.41, 5.74) is 1.80. The number of aromatic nitrogens is 2. The van der Waals surface area contributed by atoms with Crippen molar-refractivity contribution >= 4 is 5.91 Å². The largest absolute Gasteiger partial charge is 0.352 e. The van der Waals surface area contributed by atoms with Crippen molar-refractivity contribution in [1.82, 2.24) is 14.5 Å². The smallest absolute Gasteiger partial charge is 0.254 e. The van der Waals surface area contributed by atoms with Crippen molar-refractivity contribution in [2.45, 2.75) is 13.1 Å². The number of hydrogen-bond donors (Lipinski definition) is 0. The number of carbonyl (C=O) groups is 1. The highest BCUT2D eigenvalue weighted by atomic mass is 16.2. The topological polar surface area (TPSA) is 38.1 Å². The number of pyridine rings is 1. The van der Waals surface area contributed by atoms with Crippen molar-refractivity contribution in [1.29, 1.82) is 0 Å². The zero-order valence-corrected chi connectivity index (χ0v) is 12.9. The summed E-state index contributed by atoms with van der Waals surface area (Å²) in [6, 6.07) is 17.6. The van der Waals surface area contributed by atoms with Gasteiger partial charge in [-0.2, -0.15) is 0 Å². The minimum absolute atomic E-state index is 0.0309. The number of carbonyl (C=O) groups excluding carboxylic acids is 1. The van der Waals surface area contributed by atoms with Gasteiger partial charge in [-0.15, -0.1) is 0 Å². The van der Waals surface area contributed by atoms with Crippen LogP contribution in [0.5, 0.6) is 0 Å². The van der Waals surface area contributed by atoms with E-state index in [1.54, 1.807) is 24.5 Å². The Morgan fingerprint density at radius 2 is 1.65 bits per heavy atom. The van der Waals surface area contributed by atoms with E-state index in [1.807, 2.05) is 59.8 Å². The van der Waals surface area contributed by atoms with Gasteiger partial charge in [0.05, 0.1) is 0 Å². The van der Waals surface area contributed by atoms with Crippen LogP contribution >= 0.6 is 0 Å². The van der Waals surface area contributed by atoms with Gasteiger partial charge in [0.25, 0.3) is 5.91 Å². The van der Waals surface area contributed by atoms with E-state index in [0.29, 0.717) is 18.7 Å². The lowest BCUT2D eigenvalue weighted by Gasteiger charge is -2.23. The summed E-state index contributed by atoms with van der Waals surface area (Å²) in [5.74, 6) is 0.0309. The van der Waals surface area contributed by atoms with E-state index < -0.39 is 0 Å². The molecule has 0 aliphatic rings. The molecular weight excluding hydrogens is 286 g/mol. The molecular formula is C19H19N3O. The van der Waals surface area contributed by atoms with E-state index in [0.717, 1.165) is 12.1 Å². The second-order valence-electron chi connectivity index (χ2n) is 5.37. The van der Waals surface area contributed by atoms with E-state index in [4.69, 9.17) is 0 Å². The Balaban J connectivity index is 1.76. The summed E-state index contributed by atoms with van der Waals surface area (Å²) >= 11 is 0. The van der Waals surface area contributed by atoms with Gasteiger partial charge in [0.15, 0.2) is 0 Å². The van der Waals surface area contributed by atoms with Crippen molar-refractivity contribution in [2.24, 2.45) is 0 Å². The molecule has 0 radical (unpaired) electrons. The highest BCUT2D eigenvalue weighted by Gasteiger charge is 2.15. The standard InChI is InChI=1S/C19H19N3O/c23-19(18-8-10-20-11-9-18)22(15-14-21-12-4-5-13-21)16-17-6-2-1-3-7-17/h1-13H,14-16H2. The van der Waals surface area contributed by atoms with E-state index in [-0.39, 0.29) is 5.91 Å². The van der Waals surface area contributed by atoms with Gasteiger partial charge in [0.2, 0.25) is 0 Å². The normalized spacial score (nSPS) is 10.4. The maximum absolute atomic E-state index is 12.8. The Hall–Kier alpha value is -2.88. The molecule has 3 aromatic rings. The maximum atomic E-state index is 12.8. The fourth-order valence-corrected chi connectivity index (χ4v) is 2.49. The number of hydrogen-bond acceptors (Lipinski definition) is 2. The van der Waals surface area contributed by atoms with Crippen molar-refractivity contribution in [3.8, 4) is 0 Å². The van der Waals surface area contributed by atoms with Crippen LogP contribution in [0.1, 0.15) is 15.9 Å². The minimum Gasteiger partial charge on any atom is -0.352 e. The molecule has 0 bridgehead atoms. The lowest BCUT2D eigenvalue weighted by molar-refractivity contribution is 0.0737. The van der Waals surface area contributed by atoms with Crippen LogP contribution in [0, 0.1) is 0 Å². The van der Waals surface area contributed by atoms with Crippen LogP contribution in [0.25, 0.3) is 0 Å². The van der Waals surface area contributed by atoms with Crippen LogP contribution in [0.3, 0.4) is 0 Å². The Morgan fingerprint density at radius 3 is 2.35 bits per heavy atom. The van der Waals surface area contributed by atoms with E-state index in [2.05, 4.69) is 9.55 Å². The van der Waals surface area contributed by atoms with E-state index in [9.17, 15) is 4.79 Å². The van der Waals surface area contributed by atoms with Gasteiger partial charge in [-0.05, 0) is 29.8 Å². The molecule has 0 saturated heterocycles. The summed E-state index contributed by atoms with van der Waals surface area (Å²) in [7, 11) is 0. The van der Waals surface area contributed by atoms with Gasteiger partial charge in [-0.1, -0.05) is 30.3 Å². The molecule has 4 heteroatoms. The van der Waals surface area contributed by atoms with Gasteiger partial charge < -0.3 is 9.47 Å². The fraction of sp³-hybridized carbons (Fsp3) is 0.158. The molecule has 3 rings (SSSR count). The van der Waals surface area contributed by atoms with Gasteiger partial charge in [0, 0.05) is 50.0 Å². The molecule has 1 aromatic carbocycles. The van der Waals surface area contributed by atoms with Crippen LogP contribution in [-0.4, -0.2) is 26.9 Å². The molecule has 0 N–H and O–H groups in total. The molecule has 0 aliphatic heterocycles. The summed E-state index contributed by atoms with van der Waals surface area (Å²) in [5, 5.41) is 0. The van der Waals surface area contributed by atoms with Gasteiger partial charge >= 0.3 is 0 Å². The highest BCUT2D eigenvalue weighted by Crippen LogP contribution is 2.10. The average Bonchev–Trinajstić information content (AvgIpc) is 3.13. The first kappa shape index (κ1) is 15.0. The molecule has 0 atom stereocenters. The van der Waals surface area contributed by atoms with Crippen molar-refractivity contribution < 1.29 is 4.79 Å². The molecule has 1 amide bonds. The molecule has 23 heavy (non-hydrogen) atoms. The number of amides is 1. The third kappa shape index (κ3) is 4.07. The predicted octanol–water partition coefficient (Wildman–Crippen LogP) is 3.23. The van der Waals surface area contributed by atoms with Gasteiger partial charge in [-0.25, -0.2) is 0 Å². The molecule has 0 aliphatic carbocycles. The SMILES string of the molecule is O=C(c1ccncc1)N(CCn1cccc1)Cc1ccccc1. The van der Waals surface area contributed by atoms with Crippen LogP contribution in [-0.2, 0) is 13.1 Å². The third-order valence-corrected chi connectivity index (χ3v) is 3.73. The predicted molar refractivity (Wildman–Crippen MR) is 89.9 cm³/mol. The zero-order chi connectivity index (χ0) is 15.9. The quantitative estimate of drug-likeness (QED) is 0.701. The Morgan fingerprint density at radius 1 is 0.957 bits per heavy atom. The Labute approximate surface area is 136 Å². The molecule has 2 heterocycles. The second-order valence-corrected chi connectivity index (χ2v) is 5.37. The van der Waals surface area contributed by atoms with E-state index in [1.165, 1.54) is 0 Å². The molecule has 2 aromatic heterocycles. The maximum Gasteiger partial charge on any atom is 0.254 e. The third-order valence-electron chi connectivity index (χ3n) is 3.73. The van der Waals surface area contributed by atoms with Crippen molar-refractivity contribution in [2.75, 3.05) is 6.54 Å². The first-order valence-corrected chi connectivity index (χ1v) is 7.67. The fourth-order valence-electron chi connectivity index (χ4n) is 2.49. The zero-order valence-electron chi connectivity index (χ0n) is 12.9. The summed E-state index contributed by atoms with van der Waals surface area (Å²) in [6.07, 6.45) is 7.33. The highest BCUT2D eigenvalue weighted by molar-refractivity contribution is 5.94. The lowest BCUT2D eigenvalue weighted by atomic mass is 10.2. The summed E-state index contributed by atoms with van der Waals surface area (Å²) in [4.78, 5) is 18.7. The Bertz CT molecular complexity index is 724. The van der Waals surface area contributed by atoms with Crippen LogP contribution in [0.4, 0.5) is 0 Å². The first-order valence-electron chi connectivity index (χ1n) is 7.67. The van der Waals surface area contributed by atoms with Crippen molar-refractivity contribution in [3.63, 3.8) is 0 Å². The number of nitrogens with zero attached hydrogens (tertiary/aromatic N) is 3. The summed E-state index contributed by atoms with van der Waals surface area (Å²) < 4.78 is 2.08.